The van der Waals surface area contributed by atoms with E-state index in [1.807, 2.05) is 0 Å². The van der Waals surface area contributed by atoms with Crippen LogP contribution < -0.4 is 0 Å². The Kier molecular flexibility index (Phi) is 13.7. The molecule has 4 nitrogen and oxygen atoms in total. The van der Waals surface area contributed by atoms with E-state index in [9.17, 15) is 14.4 Å². The van der Waals surface area contributed by atoms with Crippen LogP contribution in [-0.4, -0.2) is 23.1 Å². The summed E-state index contributed by atoms with van der Waals surface area (Å²) in [6.45, 7) is 0. The number of carboxylic acid groups (broad SMARTS) is 1. The van der Waals surface area contributed by atoms with Crippen molar-refractivity contribution in [2.45, 2.75) is 25.7 Å². The van der Waals surface area contributed by atoms with Crippen molar-refractivity contribution in [2.24, 2.45) is 0 Å². The molecule has 0 heterocycles. The molecule has 0 atom stereocenters. The first-order valence-corrected chi connectivity index (χ1v) is 7.42. The Morgan fingerprint density at radius 2 is 1.92 bits per heavy atom. The average molecular weight is 258 g/mol. The van der Waals surface area contributed by atoms with E-state index in [0.717, 1.165) is 17.3 Å². The van der Waals surface area contributed by atoms with Gasteiger partial charge in [0.1, 0.15) is 12.2 Å². The zero-order valence-electron chi connectivity index (χ0n) is 7.09. The van der Waals surface area contributed by atoms with Gasteiger partial charge >= 0.3 is 33.0 Å². The van der Waals surface area contributed by atoms with Crippen molar-refractivity contribution in [3.63, 3.8) is 0 Å². The van der Waals surface area contributed by atoms with Gasteiger partial charge in [-0.1, -0.05) is 6.42 Å². The predicted molar refractivity (Wildman–Crippen MR) is 42.7 cm³/mol. The Hall–Kier alpha value is -0.277. The standard InChI is InChI=1S/C7H9O4.ClH.Zn/c8-4-2-1-3-6(9)5-7(10)11;;/h1-3,5H2,(H,10,11);1H;/q-1;;+2/p-1. The van der Waals surface area contributed by atoms with Gasteiger partial charge in [0, 0.05) is 6.42 Å². The number of unbranched alkanes of at least 4 members (excludes halogenated alkanes) is 1. The second-order valence-corrected chi connectivity index (χ2v) is 2.11. The monoisotopic (exact) mass is 256 g/mol. The molecule has 1 N–H and O–H groups in total. The average Bonchev–Trinajstić information content (AvgIpc) is 2.07. The van der Waals surface area contributed by atoms with E-state index >= 15 is 0 Å². The molecule has 0 bridgehead atoms. The molecule has 0 rings (SSSR count). The van der Waals surface area contributed by atoms with Crippen molar-refractivity contribution in [2.75, 3.05) is 0 Å². The summed E-state index contributed by atoms with van der Waals surface area (Å²) in [4.78, 5) is 30.2. The molecule has 0 aromatic carbocycles. The molecule has 0 spiro atoms. The van der Waals surface area contributed by atoms with E-state index in [0.29, 0.717) is 6.42 Å². The van der Waals surface area contributed by atoms with Gasteiger partial charge in [0.25, 0.3) is 0 Å². The van der Waals surface area contributed by atoms with Crippen LogP contribution in [0.25, 0.3) is 0 Å². The van der Waals surface area contributed by atoms with Crippen LogP contribution in [-0.2, 0) is 31.7 Å². The molecule has 70 valence electrons. The van der Waals surface area contributed by atoms with Crippen LogP contribution in [0.2, 0.25) is 0 Å². The number of halogens is 1. The summed E-state index contributed by atoms with van der Waals surface area (Å²) in [6, 6.07) is 0. The van der Waals surface area contributed by atoms with Gasteiger partial charge in [0.2, 0.25) is 0 Å². The molecule has 0 aliphatic heterocycles. The first-order chi connectivity index (χ1) is 6.16. The maximum absolute atomic E-state index is 10.6. The molecule has 0 unspecified atom stereocenters. The maximum atomic E-state index is 10.6. The Morgan fingerprint density at radius 3 is 2.31 bits per heavy atom. The fraction of sp³-hybridized carbons (Fsp3) is 0.571. The number of carboxylic acids is 1. The molecule has 0 saturated heterocycles. The number of carbonyl (C=O) groups excluding carboxylic acids is 2. The van der Waals surface area contributed by atoms with E-state index in [1.165, 1.54) is 0 Å². The molecular formula is C7H9ClO4Zn. The third-order valence-electron chi connectivity index (χ3n) is 1.08. The topological polar surface area (TPSA) is 71.4 Å². The number of carbonyl (C=O) groups is 2. The minimum atomic E-state index is -1.12. The van der Waals surface area contributed by atoms with E-state index in [1.54, 1.807) is 6.29 Å². The van der Waals surface area contributed by atoms with Crippen LogP contribution in [0.4, 0.5) is 0 Å². The number of Topliss-reactive ketones (excluding diaryl/α,β-unsaturated/α-hetero) is 1. The van der Waals surface area contributed by atoms with Gasteiger partial charge in [-0.2, -0.15) is 6.42 Å². The molecule has 13 heavy (non-hydrogen) atoms. The van der Waals surface area contributed by atoms with Crippen molar-refractivity contribution in [3.8, 4) is 0 Å². The molecule has 0 fully saturated rings. The Morgan fingerprint density at radius 1 is 1.38 bits per heavy atom. The molecular weight excluding hydrogens is 249 g/mol. The van der Waals surface area contributed by atoms with Gasteiger partial charge in [-0.15, -0.1) is 0 Å². The van der Waals surface area contributed by atoms with Crippen LogP contribution >= 0.6 is 9.69 Å². The summed E-state index contributed by atoms with van der Waals surface area (Å²) in [5, 5.41) is 8.14. The van der Waals surface area contributed by atoms with Gasteiger partial charge < -0.3 is 9.90 Å². The summed E-state index contributed by atoms with van der Waals surface area (Å²) in [7, 11) is 4.76. The van der Waals surface area contributed by atoms with Crippen LogP contribution in [0.1, 0.15) is 25.7 Å². The fourth-order valence-corrected chi connectivity index (χ4v) is 0.615. The summed E-state index contributed by atoms with van der Waals surface area (Å²) in [6.07, 6.45) is 1.93. The molecule has 0 amide bonds. The van der Waals surface area contributed by atoms with Crippen molar-refractivity contribution < 1.29 is 36.8 Å². The Labute approximate surface area is 90.4 Å². The van der Waals surface area contributed by atoms with E-state index in [-0.39, 0.29) is 18.6 Å². The number of ketones is 1. The van der Waals surface area contributed by atoms with Gasteiger partial charge in [0.05, 0.1) is 0 Å². The molecule has 0 radical (unpaired) electrons. The summed E-state index contributed by atoms with van der Waals surface area (Å²) >= 11 is 0.847. The molecule has 0 aromatic heterocycles. The minimum absolute atomic E-state index is 0.154. The zero-order chi connectivity index (χ0) is 10.7. The second-order valence-electron chi connectivity index (χ2n) is 2.11. The molecule has 6 heteroatoms. The third-order valence-corrected chi connectivity index (χ3v) is 1.08. The SMILES string of the molecule is O=[C-]CCCC(=O)CC(=O)O.[Cl][Zn+]. The first kappa shape index (κ1) is 15.2. The fourth-order valence-electron chi connectivity index (χ4n) is 0.615. The van der Waals surface area contributed by atoms with Crippen molar-refractivity contribution in [1.82, 2.24) is 0 Å². The Bertz CT molecular complexity index is 172. The van der Waals surface area contributed by atoms with Gasteiger partial charge in [0.15, 0.2) is 0 Å². The zero-order valence-corrected chi connectivity index (χ0v) is 10.8. The number of hydrogen-bond donors (Lipinski definition) is 1. The van der Waals surface area contributed by atoms with Gasteiger partial charge in [-0.05, 0) is 0 Å². The van der Waals surface area contributed by atoms with Crippen molar-refractivity contribution in [1.29, 1.82) is 0 Å². The molecule has 0 aliphatic rings. The molecule has 0 saturated carbocycles. The predicted octanol–water partition coefficient (Wildman–Crippen LogP) is 0.997. The van der Waals surface area contributed by atoms with Gasteiger partial charge in [-0.25, -0.2) is 0 Å². The second kappa shape index (κ2) is 11.7. The quantitative estimate of drug-likeness (QED) is 0.334. The van der Waals surface area contributed by atoms with Crippen molar-refractivity contribution >= 4 is 27.7 Å². The molecule has 0 aromatic rings. The van der Waals surface area contributed by atoms with Crippen LogP contribution in [0.15, 0.2) is 0 Å². The molecule has 0 aliphatic carbocycles. The van der Waals surface area contributed by atoms with E-state index in [4.69, 9.17) is 14.8 Å². The van der Waals surface area contributed by atoms with E-state index < -0.39 is 12.4 Å². The number of rotatable bonds is 6. The normalized spacial score (nSPS) is 8.23. The third kappa shape index (κ3) is 14.6. The summed E-state index contributed by atoms with van der Waals surface area (Å²) < 4.78 is 0. The first-order valence-electron chi connectivity index (χ1n) is 3.52. The summed E-state index contributed by atoms with van der Waals surface area (Å²) in [5.74, 6) is -1.46. The van der Waals surface area contributed by atoms with Crippen LogP contribution in [0.3, 0.4) is 0 Å². The van der Waals surface area contributed by atoms with Crippen LogP contribution in [0, 0.1) is 0 Å². The van der Waals surface area contributed by atoms with Crippen LogP contribution in [0.5, 0.6) is 0 Å². The van der Waals surface area contributed by atoms with E-state index in [2.05, 4.69) is 0 Å². The number of hydrogen-bond acceptors (Lipinski definition) is 3. The Balaban J connectivity index is 0. The van der Waals surface area contributed by atoms with Crippen molar-refractivity contribution in [3.05, 3.63) is 0 Å². The van der Waals surface area contributed by atoms with Gasteiger partial charge in [-0.3, -0.25) is 15.9 Å². The number of aliphatic carboxylic acids is 1. The summed E-state index contributed by atoms with van der Waals surface area (Å²) in [5.41, 5.74) is 0.